The van der Waals surface area contributed by atoms with Gasteiger partial charge in [-0.25, -0.2) is 9.97 Å². The van der Waals surface area contributed by atoms with Gasteiger partial charge in [0.15, 0.2) is 5.65 Å². The second kappa shape index (κ2) is 4.37. The van der Waals surface area contributed by atoms with Crippen molar-refractivity contribution in [1.82, 2.24) is 15.0 Å². The van der Waals surface area contributed by atoms with E-state index in [4.69, 9.17) is 4.74 Å². The molecule has 0 amide bonds. The normalized spacial score (nSPS) is 30.0. The summed E-state index contributed by atoms with van der Waals surface area (Å²) < 4.78 is 5.88. The fourth-order valence-electron chi connectivity index (χ4n) is 4.27. The van der Waals surface area contributed by atoms with Gasteiger partial charge in [0.2, 0.25) is 0 Å². The van der Waals surface area contributed by atoms with Crippen molar-refractivity contribution in [3.05, 3.63) is 24.5 Å². The van der Waals surface area contributed by atoms with Crippen LogP contribution in [0, 0.1) is 11.3 Å². The molecule has 3 atom stereocenters. The van der Waals surface area contributed by atoms with Crippen molar-refractivity contribution in [3.8, 4) is 0 Å². The average molecular weight is 284 g/mol. The Morgan fingerprint density at radius 3 is 2.90 bits per heavy atom. The first-order valence-corrected chi connectivity index (χ1v) is 7.51. The van der Waals surface area contributed by atoms with E-state index in [9.17, 15) is 0 Å². The van der Waals surface area contributed by atoms with Crippen LogP contribution in [-0.4, -0.2) is 40.8 Å². The molecule has 2 aromatic heterocycles. The summed E-state index contributed by atoms with van der Waals surface area (Å²) in [6.07, 6.45) is 4.93. The topological polar surface area (TPSA) is 51.1 Å². The number of hydrogen-bond acceptors (Lipinski definition) is 5. The molecule has 1 saturated carbocycles. The van der Waals surface area contributed by atoms with Gasteiger partial charge in [0.05, 0.1) is 6.10 Å². The van der Waals surface area contributed by atoms with Gasteiger partial charge in [0.1, 0.15) is 11.3 Å². The molecule has 2 fully saturated rings. The van der Waals surface area contributed by atoms with Gasteiger partial charge in [-0.2, -0.15) is 0 Å². The molecule has 5 heteroatoms. The number of ether oxygens (including phenoxy) is 1. The maximum absolute atomic E-state index is 5.88. The fraction of sp³-hybridized carbons (Fsp3) is 0.562. The molecule has 3 unspecified atom stereocenters. The zero-order valence-electron chi connectivity index (χ0n) is 12.7. The molecule has 0 radical (unpaired) electrons. The molecule has 5 nitrogen and oxygen atoms in total. The third kappa shape index (κ3) is 1.77. The lowest BCUT2D eigenvalue weighted by Gasteiger charge is -2.58. The Morgan fingerprint density at radius 2 is 2.05 bits per heavy atom. The van der Waals surface area contributed by atoms with Crippen LogP contribution < -0.4 is 4.90 Å². The molecule has 3 heterocycles. The maximum Gasteiger partial charge on any atom is 0.180 e. The number of rotatable bonds is 2. The van der Waals surface area contributed by atoms with Gasteiger partial charge in [0, 0.05) is 43.4 Å². The Balaban J connectivity index is 1.68. The predicted molar refractivity (Wildman–Crippen MR) is 81.2 cm³/mol. The molecule has 1 aliphatic heterocycles. The quantitative estimate of drug-likeness (QED) is 0.846. The number of nitrogens with zero attached hydrogens (tertiary/aromatic N) is 4. The van der Waals surface area contributed by atoms with Gasteiger partial charge < -0.3 is 9.64 Å². The smallest absolute Gasteiger partial charge is 0.180 e. The first-order valence-electron chi connectivity index (χ1n) is 7.51. The lowest BCUT2D eigenvalue weighted by molar-refractivity contribution is -0.101. The standard InChI is InChI=1S/C16H20N4O/c1-16(2)13(10-6-9-21-14(10)16)20(3)12-5-4-11-15(19-12)18-8-7-17-11/h4-5,7-8,10,13-14H,6,9H2,1-3H3. The van der Waals surface area contributed by atoms with E-state index in [0.29, 0.717) is 23.7 Å². The predicted octanol–water partition coefficient (Wildman–Crippen LogP) is 2.27. The number of pyridine rings is 1. The highest BCUT2D eigenvalue weighted by Gasteiger charge is 2.61. The van der Waals surface area contributed by atoms with Crippen LogP contribution in [0.4, 0.5) is 5.82 Å². The van der Waals surface area contributed by atoms with Crippen molar-refractivity contribution in [2.75, 3.05) is 18.6 Å². The number of anilines is 1. The summed E-state index contributed by atoms with van der Waals surface area (Å²) in [6.45, 7) is 5.47. The van der Waals surface area contributed by atoms with Crippen LogP contribution in [0.1, 0.15) is 20.3 Å². The third-order valence-corrected chi connectivity index (χ3v) is 5.13. The largest absolute Gasteiger partial charge is 0.377 e. The van der Waals surface area contributed by atoms with E-state index in [1.165, 1.54) is 0 Å². The minimum Gasteiger partial charge on any atom is -0.377 e. The van der Waals surface area contributed by atoms with E-state index in [0.717, 1.165) is 24.4 Å². The van der Waals surface area contributed by atoms with Crippen LogP contribution in [0.3, 0.4) is 0 Å². The maximum atomic E-state index is 5.88. The van der Waals surface area contributed by atoms with E-state index in [1.807, 2.05) is 12.1 Å². The Labute approximate surface area is 124 Å². The average Bonchev–Trinajstić information content (AvgIpc) is 2.93. The molecule has 0 N–H and O–H groups in total. The van der Waals surface area contributed by atoms with Crippen molar-refractivity contribution in [2.45, 2.75) is 32.4 Å². The molecule has 1 saturated heterocycles. The highest BCUT2D eigenvalue weighted by Crippen LogP contribution is 2.54. The monoisotopic (exact) mass is 284 g/mol. The molecule has 21 heavy (non-hydrogen) atoms. The van der Waals surface area contributed by atoms with Crippen molar-refractivity contribution in [3.63, 3.8) is 0 Å². The Hall–Kier alpha value is -1.75. The molecule has 2 aromatic rings. The Bertz CT molecular complexity index is 687. The Kier molecular flexibility index (Phi) is 2.70. The van der Waals surface area contributed by atoms with Crippen molar-refractivity contribution >= 4 is 17.0 Å². The number of aromatic nitrogens is 3. The van der Waals surface area contributed by atoms with Gasteiger partial charge in [-0.05, 0) is 18.6 Å². The first-order chi connectivity index (χ1) is 10.1. The number of hydrogen-bond donors (Lipinski definition) is 0. The van der Waals surface area contributed by atoms with Gasteiger partial charge in [-0.3, -0.25) is 4.98 Å². The summed E-state index contributed by atoms with van der Waals surface area (Å²) in [5, 5.41) is 0. The molecule has 0 spiro atoms. The van der Waals surface area contributed by atoms with Gasteiger partial charge >= 0.3 is 0 Å². The lowest BCUT2D eigenvalue weighted by atomic mass is 9.57. The highest BCUT2D eigenvalue weighted by atomic mass is 16.5. The minimum absolute atomic E-state index is 0.162. The van der Waals surface area contributed by atoms with E-state index >= 15 is 0 Å². The second-order valence-electron chi connectivity index (χ2n) is 6.69. The van der Waals surface area contributed by atoms with E-state index in [-0.39, 0.29) is 5.41 Å². The van der Waals surface area contributed by atoms with Crippen LogP contribution in [0.15, 0.2) is 24.5 Å². The summed E-state index contributed by atoms with van der Waals surface area (Å²) in [4.78, 5) is 15.5. The van der Waals surface area contributed by atoms with Crippen LogP contribution >= 0.6 is 0 Å². The summed E-state index contributed by atoms with van der Waals surface area (Å²) in [5.41, 5.74) is 1.71. The van der Waals surface area contributed by atoms with Crippen LogP contribution in [-0.2, 0) is 4.74 Å². The summed E-state index contributed by atoms with van der Waals surface area (Å²) in [7, 11) is 2.13. The highest BCUT2D eigenvalue weighted by molar-refractivity contribution is 5.71. The molecule has 110 valence electrons. The summed E-state index contributed by atoms with van der Waals surface area (Å²) >= 11 is 0. The van der Waals surface area contributed by atoms with Gasteiger partial charge in [0.25, 0.3) is 0 Å². The zero-order valence-corrected chi connectivity index (χ0v) is 12.7. The molecule has 2 aliphatic rings. The summed E-state index contributed by atoms with van der Waals surface area (Å²) in [5.74, 6) is 1.58. The number of fused-ring (bicyclic) bond motifs is 2. The van der Waals surface area contributed by atoms with Gasteiger partial charge in [-0.15, -0.1) is 0 Å². The van der Waals surface area contributed by atoms with E-state index in [2.05, 4.69) is 40.7 Å². The van der Waals surface area contributed by atoms with E-state index in [1.54, 1.807) is 12.4 Å². The van der Waals surface area contributed by atoms with E-state index < -0.39 is 0 Å². The van der Waals surface area contributed by atoms with Crippen LogP contribution in [0.25, 0.3) is 11.2 Å². The van der Waals surface area contributed by atoms with Crippen molar-refractivity contribution in [2.24, 2.45) is 11.3 Å². The molecule has 4 rings (SSSR count). The first kappa shape index (κ1) is 13.0. The zero-order chi connectivity index (χ0) is 14.6. The molecular formula is C16H20N4O. The Morgan fingerprint density at radius 1 is 1.24 bits per heavy atom. The van der Waals surface area contributed by atoms with Crippen molar-refractivity contribution in [1.29, 1.82) is 0 Å². The SMILES string of the molecule is CN(c1ccc2nccnc2n1)C1C2CCOC2C1(C)C. The summed E-state index contributed by atoms with van der Waals surface area (Å²) in [6, 6.07) is 4.50. The molecular weight excluding hydrogens is 264 g/mol. The van der Waals surface area contributed by atoms with Crippen LogP contribution in [0.5, 0.6) is 0 Å². The third-order valence-electron chi connectivity index (χ3n) is 5.13. The molecule has 0 bridgehead atoms. The second-order valence-corrected chi connectivity index (χ2v) is 6.69. The van der Waals surface area contributed by atoms with Crippen LogP contribution in [0.2, 0.25) is 0 Å². The fourth-order valence-corrected chi connectivity index (χ4v) is 4.27. The van der Waals surface area contributed by atoms with Gasteiger partial charge in [-0.1, -0.05) is 13.8 Å². The minimum atomic E-state index is 0.162. The van der Waals surface area contributed by atoms with Crippen molar-refractivity contribution < 1.29 is 4.74 Å². The lowest BCUT2D eigenvalue weighted by Crippen LogP contribution is -2.66. The molecule has 0 aromatic carbocycles. The molecule has 1 aliphatic carbocycles.